The van der Waals surface area contributed by atoms with Crippen molar-refractivity contribution in [1.29, 1.82) is 0 Å². The summed E-state index contributed by atoms with van der Waals surface area (Å²) >= 11 is 0. The molecule has 2 aliphatic heterocycles. The van der Waals surface area contributed by atoms with Crippen LogP contribution in [0, 0.1) is 5.92 Å². The van der Waals surface area contributed by atoms with Crippen LogP contribution in [0.1, 0.15) is 48.3 Å². The Morgan fingerprint density at radius 1 is 1.20 bits per heavy atom. The molecule has 0 bridgehead atoms. The zero-order valence-electron chi connectivity index (χ0n) is 18.1. The number of nitrogens with zero attached hydrogens (tertiary/aromatic N) is 3. The van der Waals surface area contributed by atoms with E-state index in [9.17, 15) is 9.59 Å². The van der Waals surface area contributed by atoms with Crippen LogP contribution in [0.2, 0.25) is 0 Å². The molecule has 1 N–H and O–H groups in total. The molecular formula is C24H32N4O2. The van der Waals surface area contributed by atoms with E-state index in [0.29, 0.717) is 25.6 Å². The van der Waals surface area contributed by atoms with Gasteiger partial charge in [0, 0.05) is 73.4 Å². The molecule has 4 rings (SSSR count). The van der Waals surface area contributed by atoms with E-state index in [1.807, 2.05) is 34.9 Å². The molecule has 160 valence electrons. The lowest BCUT2D eigenvalue weighted by molar-refractivity contribution is 0.0697. The van der Waals surface area contributed by atoms with Crippen LogP contribution < -0.4 is 5.32 Å². The second kappa shape index (κ2) is 8.54. The molecule has 0 saturated carbocycles. The molecule has 1 aromatic carbocycles. The van der Waals surface area contributed by atoms with Crippen molar-refractivity contribution in [2.45, 2.75) is 46.2 Å². The molecule has 1 saturated heterocycles. The Hall–Kier alpha value is -2.76. The Balaban J connectivity index is 1.70. The predicted octanol–water partition coefficient (Wildman–Crippen LogP) is 3.79. The summed E-state index contributed by atoms with van der Waals surface area (Å²) in [6.07, 6.45) is 4.85. The smallest absolute Gasteiger partial charge is 0.317 e. The van der Waals surface area contributed by atoms with E-state index >= 15 is 0 Å². The predicted molar refractivity (Wildman–Crippen MR) is 120 cm³/mol. The van der Waals surface area contributed by atoms with E-state index in [0.717, 1.165) is 60.9 Å². The van der Waals surface area contributed by atoms with E-state index in [-0.39, 0.29) is 11.9 Å². The van der Waals surface area contributed by atoms with Crippen molar-refractivity contribution < 1.29 is 9.59 Å². The second-order valence-corrected chi connectivity index (χ2v) is 8.54. The van der Waals surface area contributed by atoms with Crippen molar-refractivity contribution in [1.82, 2.24) is 19.7 Å². The quantitative estimate of drug-likeness (QED) is 0.783. The van der Waals surface area contributed by atoms with Crippen molar-refractivity contribution in [2.75, 3.05) is 26.2 Å². The molecule has 0 atom stereocenters. The van der Waals surface area contributed by atoms with Crippen molar-refractivity contribution >= 4 is 22.8 Å². The number of carbonyl (C=O) groups is 2. The number of nitrogens with one attached hydrogen (secondary N) is 1. The first kappa shape index (κ1) is 20.5. The van der Waals surface area contributed by atoms with Gasteiger partial charge in [0.25, 0.3) is 5.91 Å². The van der Waals surface area contributed by atoms with Crippen LogP contribution in [0.4, 0.5) is 4.79 Å². The summed E-state index contributed by atoms with van der Waals surface area (Å²) in [5, 5.41) is 3.99. The Morgan fingerprint density at radius 2 is 1.97 bits per heavy atom. The summed E-state index contributed by atoms with van der Waals surface area (Å²) in [6, 6.07) is 6.03. The summed E-state index contributed by atoms with van der Waals surface area (Å²) in [4.78, 5) is 29.4. The third-order valence-electron chi connectivity index (χ3n) is 6.50. The van der Waals surface area contributed by atoms with Crippen LogP contribution in [-0.2, 0) is 19.5 Å². The highest BCUT2D eigenvalue weighted by molar-refractivity contribution is 5.99. The third kappa shape index (κ3) is 3.71. The largest absolute Gasteiger partial charge is 0.340 e. The molecule has 2 aliphatic rings. The standard InChI is InChI=1S/C24H32N4O2/c1-4-11-28-21-7-6-18(23(29)26-12-8-17(3)9-13-26)15-19(21)20-16-27(14-10-22(20)28)24(30)25-5-2/h4,6-7,15,17H,1,5,8-14,16H2,2-3H3,(H,25,30). The highest BCUT2D eigenvalue weighted by atomic mass is 16.2. The number of urea groups is 1. The first-order valence-corrected chi connectivity index (χ1v) is 11.1. The normalized spacial score (nSPS) is 17.1. The number of fused-ring (bicyclic) bond motifs is 3. The zero-order valence-corrected chi connectivity index (χ0v) is 18.1. The maximum absolute atomic E-state index is 13.1. The van der Waals surface area contributed by atoms with Crippen LogP contribution in [-0.4, -0.2) is 52.5 Å². The van der Waals surface area contributed by atoms with Crippen molar-refractivity contribution in [2.24, 2.45) is 5.92 Å². The number of aromatic nitrogens is 1. The van der Waals surface area contributed by atoms with Gasteiger partial charge in [-0.1, -0.05) is 13.0 Å². The van der Waals surface area contributed by atoms with E-state index in [1.165, 1.54) is 5.69 Å². The Kier molecular flexibility index (Phi) is 5.84. The minimum Gasteiger partial charge on any atom is -0.340 e. The first-order valence-electron chi connectivity index (χ1n) is 11.1. The Morgan fingerprint density at radius 3 is 2.67 bits per heavy atom. The number of carbonyl (C=O) groups excluding carboxylic acids is 2. The van der Waals surface area contributed by atoms with Gasteiger partial charge in [0.05, 0.1) is 0 Å². The van der Waals surface area contributed by atoms with Crippen LogP contribution in [0.3, 0.4) is 0 Å². The number of amides is 3. The molecular weight excluding hydrogens is 376 g/mol. The summed E-state index contributed by atoms with van der Waals surface area (Å²) < 4.78 is 2.28. The van der Waals surface area contributed by atoms with Crippen molar-refractivity contribution in [3.63, 3.8) is 0 Å². The Bertz CT molecular complexity index is 969. The lowest BCUT2D eigenvalue weighted by atomic mass is 9.98. The maximum Gasteiger partial charge on any atom is 0.317 e. The number of rotatable bonds is 4. The van der Waals surface area contributed by atoms with Gasteiger partial charge in [-0.15, -0.1) is 6.58 Å². The molecule has 3 heterocycles. The van der Waals surface area contributed by atoms with Gasteiger partial charge in [-0.25, -0.2) is 4.79 Å². The van der Waals surface area contributed by atoms with E-state index in [2.05, 4.69) is 29.5 Å². The van der Waals surface area contributed by atoms with E-state index < -0.39 is 0 Å². The van der Waals surface area contributed by atoms with Crippen LogP contribution >= 0.6 is 0 Å². The SMILES string of the molecule is C=CCn1c2c(c3cc(C(=O)N4CCC(C)CC4)ccc31)CN(C(=O)NCC)CC2. The first-order chi connectivity index (χ1) is 14.5. The van der Waals surface area contributed by atoms with Gasteiger partial charge < -0.3 is 19.7 Å². The monoisotopic (exact) mass is 408 g/mol. The summed E-state index contributed by atoms with van der Waals surface area (Å²) in [5.41, 5.74) is 4.26. The fraction of sp³-hybridized carbons (Fsp3) is 0.500. The number of piperidine rings is 1. The summed E-state index contributed by atoms with van der Waals surface area (Å²) in [5.74, 6) is 0.808. The lowest BCUT2D eigenvalue weighted by Gasteiger charge is -2.30. The van der Waals surface area contributed by atoms with Gasteiger partial charge in [0.2, 0.25) is 0 Å². The van der Waals surface area contributed by atoms with Gasteiger partial charge in [0.1, 0.15) is 0 Å². The van der Waals surface area contributed by atoms with Crippen molar-refractivity contribution in [3.05, 3.63) is 47.7 Å². The highest BCUT2D eigenvalue weighted by Crippen LogP contribution is 2.32. The molecule has 0 unspecified atom stereocenters. The molecule has 0 radical (unpaired) electrons. The van der Waals surface area contributed by atoms with Crippen molar-refractivity contribution in [3.8, 4) is 0 Å². The van der Waals surface area contributed by atoms with Gasteiger partial charge in [-0.3, -0.25) is 4.79 Å². The number of allylic oxidation sites excluding steroid dienone is 1. The minimum atomic E-state index is -0.0255. The molecule has 1 fully saturated rings. The van der Waals surface area contributed by atoms with Crippen LogP contribution in [0.25, 0.3) is 10.9 Å². The van der Waals surface area contributed by atoms with E-state index in [1.54, 1.807) is 0 Å². The van der Waals surface area contributed by atoms with E-state index in [4.69, 9.17) is 0 Å². The van der Waals surface area contributed by atoms with Gasteiger partial charge in [0.15, 0.2) is 0 Å². The number of benzene rings is 1. The Labute approximate surface area is 178 Å². The van der Waals surface area contributed by atoms with Crippen LogP contribution in [0.5, 0.6) is 0 Å². The molecule has 2 aromatic rings. The molecule has 0 aliphatic carbocycles. The fourth-order valence-electron chi connectivity index (χ4n) is 4.75. The molecule has 30 heavy (non-hydrogen) atoms. The van der Waals surface area contributed by atoms with Gasteiger partial charge >= 0.3 is 6.03 Å². The maximum atomic E-state index is 13.1. The average molecular weight is 409 g/mol. The second-order valence-electron chi connectivity index (χ2n) is 8.54. The lowest BCUT2D eigenvalue weighted by Crippen LogP contribution is -2.42. The molecule has 0 spiro atoms. The van der Waals surface area contributed by atoms with Gasteiger partial charge in [-0.05, 0) is 43.9 Å². The molecule has 1 aromatic heterocycles. The minimum absolute atomic E-state index is 0.0255. The molecule has 6 nitrogen and oxygen atoms in total. The zero-order chi connectivity index (χ0) is 21.3. The number of hydrogen-bond acceptors (Lipinski definition) is 2. The third-order valence-corrected chi connectivity index (χ3v) is 6.50. The summed E-state index contributed by atoms with van der Waals surface area (Å²) in [6.45, 7) is 12.4. The molecule has 3 amide bonds. The fourth-order valence-corrected chi connectivity index (χ4v) is 4.75. The molecule has 6 heteroatoms. The topological polar surface area (TPSA) is 57.6 Å². The average Bonchev–Trinajstić information content (AvgIpc) is 3.07. The van der Waals surface area contributed by atoms with Crippen LogP contribution in [0.15, 0.2) is 30.9 Å². The highest BCUT2D eigenvalue weighted by Gasteiger charge is 2.27. The van der Waals surface area contributed by atoms with Gasteiger partial charge in [-0.2, -0.15) is 0 Å². The number of likely N-dealkylation sites (tertiary alicyclic amines) is 1. The number of hydrogen-bond donors (Lipinski definition) is 1. The summed E-state index contributed by atoms with van der Waals surface area (Å²) in [7, 11) is 0.